The van der Waals surface area contributed by atoms with Gasteiger partial charge in [0.05, 0.1) is 10.0 Å². The molecule has 1 aromatic carbocycles. The van der Waals surface area contributed by atoms with Crippen LogP contribution in [0.15, 0.2) is 18.2 Å². The first-order valence-corrected chi connectivity index (χ1v) is 10.4. The van der Waals surface area contributed by atoms with Crippen LogP contribution in [0.5, 0.6) is 0 Å². The molecule has 1 aromatic rings. The third-order valence-corrected chi connectivity index (χ3v) is 7.89. The van der Waals surface area contributed by atoms with E-state index in [0.29, 0.717) is 16.5 Å². The van der Waals surface area contributed by atoms with Gasteiger partial charge in [-0.3, -0.25) is 0 Å². The topological polar surface area (TPSA) is 43.1 Å². The Bertz CT molecular complexity index is 660. The molecule has 0 radical (unpaired) electrons. The lowest BCUT2D eigenvalue weighted by Gasteiger charge is -2.60. The number of hydrogen-bond donors (Lipinski definition) is 1. The van der Waals surface area contributed by atoms with Crippen LogP contribution in [-0.2, 0) is 17.4 Å². The van der Waals surface area contributed by atoms with Crippen molar-refractivity contribution in [3.05, 3.63) is 33.8 Å². The monoisotopic (exact) mass is 432 g/mol. The van der Waals surface area contributed by atoms with Crippen molar-refractivity contribution in [1.82, 2.24) is 0 Å². The van der Waals surface area contributed by atoms with Crippen molar-refractivity contribution < 1.29 is 4.79 Å². The first kappa shape index (κ1) is 20.7. The van der Waals surface area contributed by atoms with E-state index in [1.807, 2.05) is 12.1 Å². The van der Waals surface area contributed by atoms with E-state index in [1.54, 1.807) is 6.07 Å². The Labute approximate surface area is 177 Å². The molecule has 0 saturated heterocycles. The Balaban J connectivity index is 0.00000196. The van der Waals surface area contributed by atoms with E-state index in [-0.39, 0.29) is 34.9 Å². The highest BCUT2D eigenvalue weighted by Gasteiger charge is 2.54. The third kappa shape index (κ3) is 3.75. The molecule has 144 valence electrons. The summed E-state index contributed by atoms with van der Waals surface area (Å²) in [5, 5.41) is 0.812. The minimum Gasteiger partial charge on any atom is -0.742 e. The van der Waals surface area contributed by atoms with Gasteiger partial charge in [-0.2, -0.15) is 0 Å². The van der Waals surface area contributed by atoms with E-state index in [1.165, 1.54) is 38.5 Å². The van der Waals surface area contributed by atoms with Crippen molar-refractivity contribution in [1.29, 1.82) is 0 Å². The van der Waals surface area contributed by atoms with Crippen LogP contribution in [0.1, 0.15) is 56.4 Å². The third-order valence-electron chi connectivity index (χ3n) is 6.98. The number of benzene rings is 1. The van der Waals surface area contributed by atoms with E-state index in [0.717, 1.165) is 23.3 Å². The maximum Gasteiger partial charge on any atom is 0.0595 e. The van der Waals surface area contributed by atoms with Gasteiger partial charge in [0.15, 0.2) is 0 Å². The highest BCUT2D eigenvalue weighted by Crippen LogP contribution is 2.62. The lowest BCUT2D eigenvalue weighted by atomic mass is 9.46. The molecule has 2 N–H and O–H groups in total. The summed E-state index contributed by atoms with van der Waals surface area (Å²) in [6, 6.07) is 5.57. The van der Waals surface area contributed by atoms with Crippen molar-refractivity contribution in [2.75, 3.05) is 0 Å². The molecule has 2 unspecified atom stereocenters. The summed E-state index contributed by atoms with van der Waals surface area (Å²) in [7, 11) is 0. The number of nitrogens with two attached hydrogens (primary N) is 1. The lowest BCUT2D eigenvalue weighted by Crippen LogP contribution is -2.56. The number of hydrogen-bond acceptors (Lipinski definition) is 3. The smallest absolute Gasteiger partial charge is 0.0595 e. The van der Waals surface area contributed by atoms with Gasteiger partial charge in [0.1, 0.15) is 0 Å². The Morgan fingerprint density at radius 2 is 1.65 bits per heavy atom. The normalized spacial score (nSPS) is 34.2. The summed E-state index contributed by atoms with van der Waals surface area (Å²) >= 11 is 17.2. The summed E-state index contributed by atoms with van der Waals surface area (Å²) in [6.45, 7) is 0. The Kier molecular flexibility index (Phi) is 6.16. The highest BCUT2D eigenvalue weighted by atomic mass is 35.5. The van der Waals surface area contributed by atoms with Gasteiger partial charge in [0.25, 0.3) is 0 Å². The van der Waals surface area contributed by atoms with Gasteiger partial charge < -0.3 is 23.2 Å². The zero-order valence-corrected chi connectivity index (χ0v) is 17.8. The Morgan fingerprint density at radius 3 is 2.12 bits per heavy atom. The van der Waals surface area contributed by atoms with Crippen LogP contribution in [0.3, 0.4) is 0 Å². The lowest BCUT2D eigenvalue weighted by molar-refractivity contribution is -0.112. The second-order valence-corrected chi connectivity index (χ2v) is 9.93. The summed E-state index contributed by atoms with van der Waals surface area (Å²) in [5.74, 6) is 2.40. The summed E-state index contributed by atoms with van der Waals surface area (Å²) in [4.78, 5) is 11.8. The quantitative estimate of drug-likeness (QED) is 0.623. The van der Waals surface area contributed by atoms with Gasteiger partial charge in [0.2, 0.25) is 0 Å². The number of carbonyl (C=O) groups is 1. The molecule has 5 rings (SSSR count). The maximum absolute atomic E-state index is 11.8. The minimum absolute atomic E-state index is 0. The summed E-state index contributed by atoms with van der Waals surface area (Å²) < 4.78 is 0. The van der Waals surface area contributed by atoms with Crippen LogP contribution in [0, 0.1) is 23.2 Å². The van der Waals surface area contributed by atoms with Crippen molar-refractivity contribution in [3.63, 3.8) is 0 Å². The molecule has 4 bridgehead atoms. The maximum atomic E-state index is 11.8. The fraction of sp³-hybridized carbons (Fsp3) is 0.650. The molecule has 4 fully saturated rings. The second-order valence-electron chi connectivity index (χ2n) is 8.66. The first-order valence-electron chi connectivity index (χ1n) is 9.26. The fourth-order valence-corrected chi connectivity index (χ4v) is 6.87. The van der Waals surface area contributed by atoms with E-state index in [2.05, 4.69) is 0 Å². The molecule has 4 saturated carbocycles. The van der Waals surface area contributed by atoms with Gasteiger partial charge >= 0.3 is 0 Å². The summed E-state index contributed by atoms with van der Waals surface area (Å²) in [5.41, 5.74) is 8.07. The fourth-order valence-electron chi connectivity index (χ4n) is 6.39. The van der Waals surface area contributed by atoms with Gasteiger partial charge in [-0.15, -0.1) is 12.4 Å². The van der Waals surface area contributed by atoms with Gasteiger partial charge in [-0.1, -0.05) is 29.3 Å². The predicted octanol–water partition coefficient (Wildman–Crippen LogP) is 5.51. The average Bonchev–Trinajstić information content (AvgIpc) is 2.53. The van der Waals surface area contributed by atoms with E-state index >= 15 is 0 Å². The molecule has 26 heavy (non-hydrogen) atoms. The first-order chi connectivity index (χ1) is 11.9. The van der Waals surface area contributed by atoms with Crippen LogP contribution in [0.4, 0.5) is 0 Å². The van der Waals surface area contributed by atoms with Crippen molar-refractivity contribution in [3.8, 4) is 0 Å². The van der Waals surface area contributed by atoms with Crippen LogP contribution in [-0.4, -0.2) is 11.2 Å². The Hall–Kier alpha value is -0.0600. The number of rotatable bonds is 5. The standard InChI is InChI=1S/C20H25Cl2NOS.ClH/c21-16-2-1-14(6-17(16)22)15(7-18(24)25)19(23)20-8-11-3-12(9-20)5-13(4-11)10-20;/h1-2,6,11-13,15,19H,3-5,7-10,23H2,(H,24,25);1H/p-1. The molecule has 0 amide bonds. The predicted molar refractivity (Wildman–Crippen MR) is 112 cm³/mol. The van der Waals surface area contributed by atoms with Gasteiger partial charge in [0, 0.05) is 17.1 Å². The van der Waals surface area contributed by atoms with Gasteiger partial charge in [-0.25, -0.2) is 0 Å². The molecule has 0 heterocycles. The molecular weight excluding hydrogens is 409 g/mol. The molecule has 0 aromatic heterocycles. The zero-order chi connectivity index (χ0) is 17.8. The highest BCUT2D eigenvalue weighted by molar-refractivity contribution is 7.77. The SMILES string of the molecule is Cl.NC(C(CC(=O)[S-])c1ccc(Cl)c(Cl)c1)C12CC3CC(CC(C3)C1)C2. The zero-order valence-electron chi connectivity index (χ0n) is 14.6. The van der Waals surface area contributed by atoms with E-state index in [9.17, 15) is 4.79 Å². The average molecular weight is 434 g/mol. The van der Waals surface area contributed by atoms with E-state index < -0.39 is 0 Å². The van der Waals surface area contributed by atoms with Crippen LogP contribution in [0.2, 0.25) is 10.0 Å². The molecule has 6 heteroatoms. The van der Waals surface area contributed by atoms with Crippen LogP contribution >= 0.6 is 35.6 Å². The largest absolute Gasteiger partial charge is 0.742 e. The van der Waals surface area contributed by atoms with Crippen molar-refractivity contribution in [2.45, 2.75) is 56.9 Å². The van der Waals surface area contributed by atoms with Crippen molar-refractivity contribution in [2.24, 2.45) is 28.9 Å². The molecule has 2 nitrogen and oxygen atoms in total. The molecule has 0 aliphatic heterocycles. The molecule has 4 aliphatic rings. The molecule has 4 aliphatic carbocycles. The molecule has 0 spiro atoms. The van der Waals surface area contributed by atoms with Gasteiger partial charge in [-0.05, 0) is 85.8 Å². The second kappa shape index (κ2) is 7.75. The Morgan fingerprint density at radius 1 is 1.12 bits per heavy atom. The van der Waals surface area contributed by atoms with Crippen LogP contribution in [0.25, 0.3) is 0 Å². The van der Waals surface area contributed by atoms with Crippen LogP contribution < -0.4 is 5.73 Å². The molecular formula is C20H25Cl3NOS-. The number of carbonyl (C=O) groups excluding carboxylic acids is 1. The van der Waals surface area contributed by atoms with Crippen molar-refractivity contribution >= 4 is 53.4 Å². The minimum atomic E-state index is -0.226. The molecule has 2 atom stereocenters. The van der Waals surface area contributed by atoms with E-state index in [4.69, 9.17) is 41.6 Å². The summed E-state index contributed by atoms with van der Waals surface area (Å²) in [6.07, 6.45) is 8.07. The number of halogens is 3.